The molecule has 6 heteroatoms. The number of carbonyl (C=O) groups is 1. The van der Waals surface area contributed by atoms with Crippen molar-refractivity contribution >= 4 is 22.2 Å². The number of aryl methyl sites for hydroxylation is 1. The summed E-state index contributed by atoms with van der Waals surface area (Å²) in [7, 11) is -3.52. The van der Waals surface area contributed by atoms with Crippen LogP contribution in [0.15, 0.2) is 24.3 Å². The molecule has 0 amide bonds. The normalized spacial score (nSPS) is 19.5. The first-order valence-corrected chi connectivity index (χ1v) is 6.73. The van der Waals surface area contributed by atoms with Crippen LogP contribution in [0.2, 0.25) is 0 Å². The van der Waals surface area contributed by atoms with Crippen molar-refractivity contribution in [3.63, 3.8) is 0 Å². The second-order valence-electron chi connectivity index (χ2n) is 3.94. The van der Waals surface area contributed by atoms with Gasteiger partial charge in [-0.05, 0) is 19.1 Å². The van der Waals surface area contributed by atoms with E-state index in [-0.39, 0.29) is 6.54 Å². The van der Waals surface area contributed by atoms with Gasteiger partial charge in [0.1, 0.15) is 6.29 Å². The highest BCUT2D eigenvalue weighted by Gasteiger charge is 2.36. The van der Waals surface area contributed by atoms with Crippen molar-refractivity contribution in [2.45, 2.75) is 6.92 Å². The van der Waals surface area contributed by atoms with Crippen LogP contribution in [0.5, 0.6) is 0 Å². The zero-order valence-corrected chi connectivity index (χ0v) is 10.4. The summed E-state index contributed by atoms with van der Waals surface area (Å²) in [6.45, 7) is 2.61. The van der Waals surface area contributed by atoms with Gasteiger partial charge in [0.15, 0.2) is 0 Å². The Kier molecular flexibility index (Phi) is 3.17. The highest BCUT2D eigenvalue weighted by atomic mass is 32.2. The van der Waals surface area contributed by atoms with Crippen LogP contribution in [0.25, 0.3) is 0 Å². The van der Waals surface area contributed by atoms with Crippen LogP contribution in [0, 0.1) is 6.92 Å². The molecule has 0 aromatic heterocycles. The highest BCUT2D eigenvalue weighted by molar-refractivity contribution is 7.90. The maximum atomic E-state index is 12.1. The van der Waals surface area contributed by atoms with E-state index in [1.165, 1.54) is 8.61 Å². The Morgan fingerprint density at radius 1 is 1.24 bits per heavy atom. The van der Waals surface area contributed by atoms with Gasteiger partial charge in [0.25, 0.3) is 0 Å². The molecule has 1 aromatic carbocycles. The largest absolute Gasteiger partial charge is 0.304 e. The summed E-state index contributed by atoms with van der Waals surface area (Å²) in [5.74, 6) is 0. The molecule has 1 fully saturated rings. The van der Waals surface area contributed by atoms with Gasteiger partial charge in [-0.25, -0.2) is 0 Å². The third-order valence-electron chi connectivity index (χ3n) is 2.76. The molecule has 1 saturated heterocycles. The molecule has 1 aliphatic heterocycles. The highest BCUT2D eigenvalue weighted by Crippen LogP contribution is 2.24. The van der Waals surface area contributed by atoms with Gasteiger partial charge < -0.3 is 4.79 Å². The minimum atomic E-state index is -3.52. The van der Waals surface area contributed by atoms with Crippen LogP contribution in [0.1, 0.15) is 5.56 Å². The number of hydrogen-bond donors (Lipinski definition) is 0. The third kappa shape index (κ3) is 2.18. The van der Waals surface area contributed by atoms with Crippen LogP contribution < -0.4 is 4.31 Å². The van der Waals surface area contributed by atoms with Gasteiger partial charge in [-0.1, -0.05) is 17.7 Å². The van der Waals surface area contributed by atoms with Gasteiger partial charge in [-0.2, -0.15) is 12.7 Å². The predicted octanol–water partition coefficient (Wildman–Crippen LogP) is 0.561. The van der Waals surface area contributed by atoms with Gasteiger partial charge in [0.2, 0.25) is 0 Å². The Morgan fingerprint density at radius 2 is 1.88 bits per heavy atom. The van der Waals surface area contributed by atoms with Crippen LogP contribution in [-0.4, -0.2) is 38.6 Å². The summed E-state index contributed by atoms with van der Waals surface area (Å²) < 4.78 is 26.6. The molecular weight excluding hydrogens is 240 g/mol. The molecule has 0 saturated carbocycles. The summed E-state index contributed by atoms with van der Waals surface area (Å²) in [5, 5.41) is 0. The van der Waals surface area contributed by atoms with Crippen molar-refractivity contribution in [3.05, 3.63) is 29.8 Å². The van der Waals surface area contributed by atoms with Crippen LogP contribution >= 0.6 is 0 Å². The molecule has 5 nitrogen and oxygen atoms in total. The number of aldehydes is 1. The summed E-state index contributed by atoms with van der Waals surface area (Å²) >= 11 is 0. The van der Waals surface area contributed by atoms with Gasteiger partial charge >= 0.3 is 10.2 Å². The van der Waals surface area contributed by atoms with Crippen LogP contribution in [0.3, 0.4) is 0 Å². The van der Waals surface area contributed by atoms with Crippen LogP contribution in [-0.2, 0) is 15.0 Å². The number of benzene rings is 1. The number of hydrogen-bond acceptors (Lipinski definition) is 3. The summed E-state index contributed by atoms with van der Waals surface area (Å²) in [4.78, 5) is 10.4. The molecule has 0 aliphatic carbocycles. The van der Waals surface area contributed by atoms with Gasteiger partial charge in [0.05, 0.1) is 12.2 Å². The Hall–Kier alpha value is -1.40. The van der Waals surface area contributed by atoms with E-state index < -0.39 is 10.2 Å². The van der Waals surface area contributed by atoms with E-state index in [4.69, 9.17) is 0 Å². The van der Waals surface area contributed by atoms with Crippen LogP contribution in [0.4, 0.5) is 5.69 Å². The van der Waals surface area contributed by atoms with E-state index in [1.54, 1.807) is 12.1 Å². The Labute approximate surface area is 101 Å². The first kappa shape index (κ1) is 12.1. The molecule has 0 spiro atoms. The van der Waals surface area contributed by atoms with Crippen molar-refractivity contribution in [2.75, 3.05) is 23.9 Å². The maximum absolute atomic E-state index is 12.1. The second kappa shape index (κ2) is 4.46. The lowest BCUT2D eigenvalue weighted by molar-refractivity contribution is -0.108. The molecule has 0 N–H and O–H groups in total. The molecule has 0 bridgehead atoms. The fourth-order valence-electron chi connectivity index (χ4n) is 1.81. The SMILES string of the molecule is Cc1ccc(N2CCN(CC=O)S2(=O)=O)cc1. The number of nitrogens with zero attached hydrogens (tertiary/aromatic N) is 2. The number of rotatable bonds is 3. The minimum Gasteiger partial charge on any atom is -0.302 e. The zero-order valence-electron chi connectivity index (χ0n) is 9.54. The van der Waals surface area contributed by atoms with Gasteiger partial charge in [-0.3, -0.25) is 4.31 Å². The minimum absolute atomic E-state index is 0.0787. The lowest BCUT2D eigenvalue weighted by Crippen LogP contribution is -2.34. The van der Waals surface area contributed by atoms with E-state index in [0.29, 0.717) is 25.1 Å². The standard InChI is InChI=1S/C11H14N2O3S/c1-10-2-4-11(5-3-10)13-7-6-12(8-9-14)17(13,15)16/h2-5,9H,6-8H2,1H3. The van der Waals surface area contributed by atoms with Crippen molar-refractivity contribution in [2.24, 2.45) is 0 Å². The molecule has 17 heavy (non-hydrogen) atoms. The van der Waals surface area contributed by atoms with Gasteiger partial charge in [-0.15, -0.1) is 0 Å². The number of carbonyl (C=O) groups excluding carboxylic acids is 1. The average molecular weight is 254 g/mol. The molecule has 1 aromatic rings. The molecule has 1 heterocycles. The van der Waals surface area contributed by atoms with E-state index in [1.807, 2.05) is 19.1 Å². The summed E-state index contributed by atoms with van der Waals surface area (Å²) in [6.07, 6.45) is 0.607. The smallest absolute Gasteiger partial charge is 0.302 e. The molecule has 0 radical (unpaired) electrons. The number of anilines is 1. The van der Waals surface area contributed by atoms with Crippen molar-refractivity contribution in [1.29, 1.82) is 0 Å². The topological polar surface area (TPSA) is 57.7 Å². The lowest BCUT2D eigenvalue weighted by atomic mass is 10.2. The molecule has 2 rings (SSSR count). The average Bonchev–Trinajstić information content (AvgIpc) is 2.57. The molecule has 0 unspecified atom stereocenters. The zero-order chi connectivity index (χ0) is 12.5. The predicted molar refractivity (Wildman–Crippen MR) is 65.1 cm³/mol. The summed E-state index contributed by atoms with van der Waals surface area (Å²) in [5.41, 5.74) is 1.72. The second-order valence-corrected chi connectivity index (χ2v) is 5.79. The van der Waals surface area contributed by atoms with E-state index in [2.05, 4.69) is 0 Å². The van der Waals surface area contributed by atoms with Crippen molar-refractivity contribution < 1.29 is 13.2 Å². The van der Waals surface area contributed by atoms with Crippen molar-refractivity contribution in [1.82, 2.24) is 4.31 Å². The Morgan fingerprint density at radius 3 is 2.47 bits per heavy atom. The fraction of sp³-hybridized carbons (Fsp3) is 0.364. The van der Waals surface area contributed by atoms with Crippen molar-refractivity contribution in [3.8, 4) is 0 Å². The third-order valence-corrected chi connectivity index (χ3v) is 4.69. The first-order valence-electron chi connectivity index (χ1n) is 5.34. The summed E-state index contributed by atoms with van der Waals surface area (Å²) in [6, 6.07) is 7.29. The molecule has 92 valence electrons. The molecular formula is C11H14N2O3S. The lowest BCUT2D eigenvalue weighted by Gasteiger charge is -2.18. The molecule has 1 aliphatic rings. The van der Waals surface area contributed by atoms with E-state index in [0.717, 1.165) is 5.56 Å². The molecule has 0 atom stereocenters. The van der Waals surface area contributed by atoms with E-state index >= 15 is 0 Å². The maximum Gasteiger partial charge on any atom is 0.304 e. The quantitative estimate of drug-likeness (QED) is 0.741. The Balaban J connectivity index is 2.30. The van der Waals surface area contributed by atoms with Gasteiger partial charge in [0, 0.05) is 13.1 Å². The Bertz CT molecular complexity index is 510. The first-order chi connectivity index (χ1) is 8.05. The van der Waals surface area contributed by atoms with E-state index in [9.17, 15) is 13.2 Å². The monoisotopic (exact) mass is 254 g/mol. The fourth-order valence-corrected chi connectivity index (χ4v) is 3.36.